The summed E-state index contributed by atoms with van der Waals surface area (Å²) in [6.07, 6.45) is -4.45. The van der Waals surface area contributed by atoms with Crippen molar-refractivity contribution in [2.75, 3.05) is 22.5 Å². The van der Waals surface area contributed by atoms with Crippen LogP contribution in [0, 0.1) is 6.92 Å². The van der Waals surface area contributed by atoms with E-state index in [1.54, 1.807) is 42.5 Å². The molecule has 0 bridgehead atoms. The van der Waals surface area contributed by atoms with Crippen molar-refractivity contribution in [2.24, 2.45) is 0 Å². The van der Waals surface area contributed by atoms with Gasteiger partial charge in [0.2, 0.25) is 5.91 Å². The Kier molecular flexibility index (Phi) is 6.59. The molecule has 0 saturated carbocycles. The van der Waals surface area contributed by atoms with E-state index >= 15 is 0 Å². The lowest BCUT2D eigenvalue weighted by molar-refractivity contribution is -0.137. The molecule has 0 atom stereocenters. The van der Waals surface area contributed by atoms with Crippen LogP contribution in [0.3, 0.4) is 0 Å². The lowest BCUT2D eigenvalue weighted by Crippen LogP contribution is -2.22. The van der Waals surface area contributed by atoms with E-state index in [0.717, 1.165) is 17.7 Å². The molecule has 3 aromatic carbocycles. The van der Waals surface area contributed by atoms with Gasteiger partial charge in [-0.3, -0.25) is 9.59 Å². The first-order chi connectivity index (χ1) is 14.7. The summed E-state index contributed by atoms with van der Waals surface area (Å²) in [5.74, 6) is -0.667. The Morgan fingerprint density at radius 1 is 0.806 bits per heavy atom. The van der Waals surface area contributed by atoms with Gasteiger partial charge in [0.25, 0.3) is 5.91 Å². The van der Waals surface area contributed by atoms with Crippen molar-refractivity contribution in [2.45, 2.75) is 13.1 Å². The van der Waals surface area contributed by atoms with Gasteiger partial charge in [0.1, 0.15) is 0 Å². The van der Waals surface area contributed by atoms with Crippen molar-refractivity contribution in [3.8, 4) is 0 Å². The fourth-order valence-electron chi connectivity index (χ4n) is 2.82. The summed E-state index contributed by atoms with van der Waals surface area (Å²) in [7, 11) is 0. The highest BCUT2D eigenvalue weighted by atomic mass is 19.4. The highest BCUT2D eigenvalue weighted by molar-refractivity contribution is 6.04. The largest absolute Gasteiger partial charge is 0.416 e. The van der Waals surface area contributed by atoms with Crippen molar-refractivity contribution in [3.63, 3.8) is 0 Å². The van der Waals surface area contributed by atoms with Gasteiger partial charge in [-0.15, -0.1) is 0 Å². The third-order valence-electron chi connectivity index (χ3n) is 4.35. The van der Waals surface area contributed by atoms with Crippen LogP contribution >= 0.6 is 0 Å². The summed E-state index contributed by atoms with van der Waals surface area (Å²) in [5.41, 5.74) is 1.97. The molecular weight excluding hydrogens is 407 g/mol. The molecule has 0 unspecified atom stereocenters. The zero-order valence-electron chi connectivity index (χ0n) is 16.6. The van der Waals surface area contributed by atoms with Crippen LogP contribution in [0.2, 0.25) is 0 Å². The molecule has 0 aliphatic heterocycles. The molecule has 0 fully saturated rings. The number of nitrogens with one attached hydrogen (secondary N) is 3. The number of carbonyl (C=O) groups excluding carboxylic acids is 2. The first-order valence-corrected chi connectivity index (χ1v) is 9.40. The van der Waals surface area contributed by atoms with E-state index in [-0.39, 0.29) is 18.1 Å². The van der Waals surface area contributed by atoms with Crippen LogP contribution in [-0.4, -0.2) is 18.4 Å². The molecule has 3 rings (SSSR count). The molecule has 0 spiro atoms. The molecule has 8 heteroatoms. The van der Waals surface area contributed by atoms with Crippen LogP contribution in [0.1, 0.15) is 21.5 Å². The van der Waals surface area contributed by atoms with Gasteiger partial charge in [0.05, 0.1) is 12.1 Å². The second-order valence-electron chi connectivity index (χ2n) is 6.88. The Morgan fingerprint density at radius 2 is 1.45 bits per heavy atom. The molecule has 3 N–H and O–H groups in total. The number of alkyl halides is 3. The average Bonchev–Trinajstić information content (AvgIpc) is 2.73. The number of rotatable bonds is 6. The van der Waals surface area contributed by atoms with Crippen LogP contribution in [0.5, 0.6) is 0 Å². The van der Waals surface area contributed by atoms with E-state index in [0.29, 0.717) is 16.9 Å². The monoisotopic (exact) mass is 427 g/mol. The second-order valence-corrected chi connectivity index (χ2v) is 6.88. The predicted molar refractivity (Wildman–Crippen MR) is 114 cm³/mol. The van der Waals surface area contributed by atoms with Gasteiger partial charge in [0, 0.05) is 22.6 Å². The van der Waals surface area contributed by atoms with E-state index in [2.05, 4.69) is 16.0 Å². The Morgan fingerprint density at radius 3 is 2.10 bits per heavy atom. The number of hydrogen-bond acceptors (Lipinski definition) is 3. The maximum Gasteiger partial charge on any atom is 0.416 e. The van der Waals surface area contributed by atoms with Gasteiger partial charge in [-0.05, 0) is 61.5 Å². The Labute approximate surface area is 177 Å². The van der Waals surface area contributed by atoms with E-state index in [1.165, 1.54) is 12.1 Å². The number of amides is 2. The van der Waals surface area contributed by atoms with Crippen molar-refractivity contribution >= 4 is 28.9 Å². The third-order valence-corrected chi connectivity index (χ3v) is 4.35. The molecule has 0 heterocycles. The average molecular weight is 427 g/mol. The van der Waals surface area contributed by atoms with Crippen molar-refractivity contribution in [1.29, 1.82) is 0 Å². The van der Waals surface area contributed by atoms with Gasteiger partial charge in [-0.25, -0.2) is 0 Å². The summed E-state index contributed by atoms with van der Waals surface area (Å²) in [4.78, 5) is 24.4. The minimum atomic E-state index is -4.45. The number of carbonyl (C=O) groups is 2. The number of benzene rings is 3. The molecule has 0 aromatic heterocycles. The van der Waals surface area contributed by atoms with Crippen LogP contribution in [-0.2, 0) is 11.0 Å². The molecule has 0 radical (unpaired) electrons. The minimum Gasteiger partial charge on any atom is -0.376 e. The van der Waals surface area contributed by atoms with Gasteiger partial charge >= 0.3 is 6.18 Å². The highest BCUT2D eigenvalue weighted by Crippen LogP contribution is 2.30. The Balaban J connectivity index is 1.52. The van der Waals surface area contributed by atoms with Crippen molar-refractivity contribution < 1.29 is 22.8 Å². The van der Waals surface area contributed by atoms with Gasteiger partial charge < -0.3 is 16.0 Å². The predicted octanol–water partition coefficient (Wildman–Crippen LogP) is 5.32. The van der Waals surface area contributed by atoms with E-state index < -0.39 is 17.6 Å². The van der Waals surface area contributed by atoms with Crippen molar-refractivity contribution in [1.82, 2.24) is 0 Å². The third kappa shape index (κ3) is 6.33. The lowest BCUT2D eigenvalue weighted by Gasteiger charge is -2.11. The number of halogens is 3. The lowest BCUT2D eigenvalue weighted by atomic mass is 10.1. The Hall–Kier alpha value is -3.81. The zero-order chi connectivity index (χ0) is 22.4. The van der Waals surface area contributed by atoms with Crippen LogP contribution < -0.4 is 16.0 Å². The van der Waals surface area contributed by atoms with Crippen molar-refractivity contribution in [3.05, 3.63) is 89.5 Å². The standard InChI is InChI=1S/C23H20F3N3O2/c1-15-4-2-5-16(12-15)22(31)29-19-10-8-18(9-11-19)28-21(30)14-27-20-7-3-6-17(13-20)23(24,25)26/h2-13,27H,14H2,1H3,(H,28,30)(H,29,31). The van der Waals surface area contributed by atoms with Crippen LogP contribution in [0.15, 0.2) is 72.8 Å². The number of hydrogen-bond donors (Lipinski definition) is 3. The normalized spacial score (nSPS) is 11.0. The van der Waals surface area contributed by atoms with E-state index in [9.17, 15) is 22.8 Å². The SMILES string of the molecule is Cc1cccc(C(=O)Nc2ccc(NC(=O)CNc3cccc(C(F)(F)F)c3)cc2)c1. The summed E-state index contributed by atoms with van der Waals surface area (Å²) < 4.78 is 38.2. The smallest absolute Gasteiger partial charge is 0.376 e. The highest BCUT2D eigenvalue weighted by Gasteiger charge is 2.30. The number of aryl methyl sites for hydroxylation is 1. The fraction of sp³-hybridized carbons (Fsp3) is 0.130. The molecule has 31 heavy (non-hydrogen) atoms. The van der Waals surface area contributed by atoms with E-state index in [1.807, 2.05) is 13.0 Å². The maximum absolute atomic E-state index is 12.7. The first-order valence-electron chi connectivity index (χ1n) is 9.40. The minimum absolute atomic E-state index is 0.194. The van der Waals surface area contributed by atoms with Crippen LogP contribution in [0.25, 0.3) is 0 Å². The molecule has 0 aliphatic rings. The Bertz CT molecular complexity index is 1080. The second kappa shape index (κ2) is 9.34. The quantitative estimate of drug-likeness (QED) is 0.499. The summed E-state index contributed by atoms with van der Waals surface area (Å²) in [6, 6.07) is 18.3. The molecule has 160 valence electrons. The molecule has 5 nitrogen and oxygen atoms in total. The van der Waals surface area contributed by atoms with E-state index in [4.69, 9.17) is 0 Å². The van der Waals surface area contributed by atoms with Gasteiger partial charge in [-0.1, -0.05) is 23.8 Å². The van der Waals surface area contributed by atoms with Gasteiger partial charge in [-0.2, -0.15) is 13.2 Å². The fourth-order valence-corrected chi connectivity index (χ4v) is 2.82. The number of anilines is 3. The van der Waals surface area contributed by atoms with Crippen LogP contribution in [0.4, 0.5) is 30.2 Å². The zero-order valence-corrected chi connectivity index (χ0v) is 16.6. The molecular formula is C23H20F3N3O2. The maximum atomic E-state index is 12.7. The molecule has 0 saturated heterocycles. The molecule has 3 aromatic rings. The summed E-state index contributed by atoms with van der Waals surface area (Å²) in [6.45, 7) is 1.70. The van der Waals surface area contributed by atoms with Gasteiger partial charge in [0.15, 0.2) is 0 Å². The topological polar surface area (TPSA) is 70.2 Å². The summed E-state index contributed by atoms with van der Waals surface area (Å²) in [5, 5.41) is 8.08. The molecule has 2 amide bonds. The molecule has 0 aliphatic carbocycles. The first kappa shape index (κ1) is 21.9. The summed E-state index contributed by atoms with van der Waals surface area (Å²) >= 11 is 0.